The molecule has 200 valence electrons. The van der Waals surface area contributed by atoms with Gasteiger partial charge >= 0.3 is 5.51 Å². The largest absolute Gasteiger partial charge is 0.446 e. The summed E-state index contributed by atoms with van der Waals surface area (Å²) in [5.74, 6) is 0.570. The number of carbonyl (C=O) groups excluding carboxylic acids is 1. The van der Waals surface area contributed by atoms with Crippen LogP contribution in [-0.4, -0.2) is 77.2 Å². The summed E-state index contributed by atoms with van der Waals surface area (Å²) in [6.45, 7) is 8.25. The summed E-state index contributed by atoms with van der Waals surface area (Å²) in [6.07, 6.45) is 4.23. The molecule has 3 heterocycles. The average Bonchev–Trinajstić information content (AvgIpc) is 3.26. The van der Waals surface area contributed by atoms with E-state index in [9.17, 15) is 18.0 Å². The Bertz CT molecular complexity index is 961. The van der Waals surface area contributed by atoms with Crippen LogP contribution >= 0.6 is 23.1 Å². The van der Waals surface area contributed by atoms with Crippen molar-refractivity contribution >= 4 is 34.1 Å². The van der Waals surface area contributed by atoms with Crippen LogP contribution in [0.15, 0.2) is 29.2 Å². The molecule has 1 aromatic heterocycles. The molecule has 0 spiro atoms. The van der Waals surface area contributed by atoms with Gasteiger partial charge in [-0.25, -0.2) is 0 Å². The number of piperazine rings is 1. The summed E-state index contributed by atoms with van der Waals surface area (Å²) in [5.41, 5.74) is -3.24. The molecule has 11 heteroatoms. The third kappa shape index (κ3) is 8.62. The summed E-state index contributed by atoms with van der Waals surface area (Å²) in [7, 11) is 0. The number of rotatable bonds is 8. The van der Waals surface area contributed by atoms with Gasteiger partial charge in [0, 0.05) is 50.6 Å². The number of alkyl halides is 3. The van der Waals surface area contributed by atoms with Gasteiger partial charge in [-0.05, 0) is 74.5 Å². The number of amides is 1. The molecule has 2 aliphatic heterocycles. The number of thioether (sulfide) groups is 1. The molecule has 0 aliphatic carbocycles. The van der Waals surface area contributed by atoms with E-state index in [-0.39, 0.29) is 30.0 Å². The van der Waals surface area contributed by atoms with Crippen LogP contribution < -0.4 is 4.90 Å². The first-order chi connectivity index (χ1) is 16.7. The minimum Gasteiger partial charge on any atom is -0.344 e. The first-order valence-corrected chi connectivity index (χ1v) is 13.8. The lowest BCUT2D eigenvalue weighted by Gasteiger charge is -2.35. The van der Waals surface area contributed by atoms with E-state index in [1.54, 1.807) is 23.5 Å². The molecule has 2 aliphatic rings. The second kappa shape index (κ2) is 13.1. The van der Waals surface area contributed by atoms with Gasteiger partial charge in [0.05, 0.1) is 0 Å². The Kier molecular flexibility index (Phi) is 10.4. The van der Waals surface area contributed by atoms with Gasteiger partial charge in [0.15, 0.2) is 0 Å². The number of anilines is 1. The first-order valence-electron chi connectivity index (χ1n) is 12.1. The van der Waals surface area contributed by atoms with Crippen molar-refractivity contribution < 1.29 is 18.0 Å². The molecule has 0 radical (unpaired) electrons. The van der Waals surface area contributed by atoms with Gasteiger partial charge in [0.2, 0.25) is 11.0 Å². The van der Waals surface area contributed by atoms with Gasteiger partial charge in [-0.2, -0.15) is 13.2 Å². The molecule has 0 bridgehead atoms. The highest BCUT2D eigenvalue weighted by Crippen LogP contribution is 2.37. The van der Waals surface area contributed by atoms with E-state index in [1.165, 1.54) is 12.1 Å². The van der Waals surface area contributed by atoms with Gasteiger partial charge < -0.3 is 9.80 Å². The van der Waals surface area contributed by atoms with E-state index in [0.29, 0.717) is 12.3 Å². The highest BCUT2D eigenvalue weighted by atomic mass is 32.2. The fourth-order valence-electron chi connectivity index (χ4n) is 4.81. The molecule has 0 unspecified atom stereocenters. The van der Waals surface area contributed by atoms with Crippen LogP contribution in [0.1, 0.15) is 43.7 Å². The number of aryl methyl sites for hydroxylation is 1. The summed E-state index contributed by atoms with van der Waals surface area (Å²) in [4.78, 5) is 19.7. The van der Waals surface area contributed by atoms with Gasteiger partial charge in [-0.3, -0.25) is 9.69 Å². The molecule has 2 saturated heterocycles. The number of aromatic nitrogens is 2. The van der Waals surface area contributed by atoms with Gasteiger partial charge in [0.1, 0.15) is 5.01 Å². The molecule has 0 saturated carbocycles. The van der Waals surface area contributed by atoms with E-state index >= 15 is 0 Å². The highest BCUT2D eigenvalue weighted by Gasteiger charge is 2.29. The Balaban J connectivity index is 0.00000361. The minimum absolute atomic E-state index is 0. The number of halogens is 3. The summed E-state index contributed by atoms with van der Waals surface area (Å²) >= 11 is 1.54. The molecule has 2 aromatic rings. The Morgan fingerprint density at radius 2 is 1.83 bits per heavy atom. The minimum atomic E-state index is -4.27. The predicted molar refractivity (Wildman–Crippen MR) is 141 cm³/mol. The van der Waals surface area contributed by atoms with Gasteiger partial charge in [-0.1, -0.05) is 30.9 Å². The maximum Gasteiger partial charge on any atom is 0.446 e. The summed E-state index contributed by atoms with van der Waals surface area (Å²) < 4.78 is 37.6. The lowest BCUT2D eigenvalue weighted by molar-refractivity contribution is -0.133. The summed E-state index contributed by atoms with van der Waals surface area (Å²) in [6, 6.07) is 6.63. The fourth-order valence-corrected chi connectivity index (χ4v) is 6.09. The van der Waals surface area contributed by atoms with E-state index in [1.807, 2.05) is 11.8 Å². The first kappa shape index (κ1) is 28.7. The highest BCUT2D eigenvalue weighted by molar-refractivity contribution is 8.00. The van der Waals surface area contributed by atoms with E-state index in [4.69, 9.17) is 0 Å². The Morgan fingerprint density at radius 3 is 2.47 bits per heavy atom. The molecule has 36 heavy (non-hydrogen) atoms. The van der Waals surface area contributed by atoms with Crippen LogP contribution in [-0.2, 0) is 11.2 Å². The standard InChI is InChI=1S/C24H32F3N5OS2.CH4/c1-18-28-29-23(34-18)31-14-12-30(13-15-31)10-3-5-22(33)32-11-2-4-20(17-32)16-19-6-8-21(9-7-19)35-24(25,26)27;/h6-9,20H,2-5,10-17H2,1H3;1H4/t20-;/m1./s1. The van der Waals surface area contributed by atoms with E-state index in [2.05, 4.69) is 20.0 Å². The van der Waals surface area contributed by atoms with E-state index < -0.39 is 5.51 Å². The zero-order valence-corrected chi connectivity index (χ0v) is 21.6. The molecular weight excluding hydrogens is 507 g/mol. The SMILES string of the molecule is C.Cc1nnc(N2CCN(CCCC(=O)N3CCC[C@H](Cc4ccc(SC(F)(F)F)cc4)C3)CC2)s1. The Morgan fingerprint density at radius 1 is 1.11 bits per heavy atom. The van der Waals surface area contributed by atoms with Crippen molar-refractivity contribution in [1.29, 1.82) is 0 Å². The molecule has 0 N–H and O–H groups in total. The smallest absolute Gasteiger partial charge is 0.344 e. The third-order valence-electron chi connectivity index (χ3n) is 6.58. The van der Waals surface area contributed by atoms with Crippen LogP contribution in [0.5, 0.6) is 0 Å². The Labute approximate surface area is 220 Å². The fraction of sp³-hybridized carbons (Fsp3) is 0.640. The van der Waals surface area contributed by atoms with Crippen molar-refractivity contribution in [3.8, 4) is 0 Å². The zero-order chi connectivity index (χ0) is 24.8. The number of hydrogen-bond acceptors (Lipinski definition) is 7. The topological polar surface area (TPSA) is 52.6 Å². The van der Waals surface area contributed by atoms with Crippen LogP contribution in [0, 0.1) is 12.8 Å². The monoisotopic (exact) mass is 543 g/mol. The van der Waals surface area contributed by atoms with Crippen molar-refractivity contribution in [2.24, 2.45) is 5.92 Å². The quantitative estimate of drug-likeness (QED) is 0.411. The van der Waals surface area contributed by atoms with Crippen molar-refractivity contribution in [3.63, 3.8) is 0 Å². The van der Waals surface area contributed by atoms with Gasteiger partial charge in [0.25, 0.3) is 0 Å². The normalized spacial score (nSPS) is 19.3. The third-order valence-corrected chi connectivity index (χ3v) is 8.21. The average molecular weight is 544 g/mol. The van der Waals surface area contributed by atoms with Crippen LogP contribution in [0.25, 0.3) is 0 Å². The lowest BCUT2D eigenvalue weighted by Crippen LogP contribution is -2.47. The maximum atomic E-state index is 12.8. The number of likely N-dealkylation sites (tertiary alicyclic amines) is 1. The molecule has 4 rings (SSSR count). The molecule has 1 atom stereocenters. The van der Waals surface area contributed by atoms with Gasteiger partial charge in [-0.15, -0.1) is 10.2 Å². The predicted octanol–water partition coefficient (Wildman–Crippen LogP) is 5.48. The molecule has 1 aromatic carbocycles. The molecule has 1 amide bonds. The van der Waals surface area contributed by atoms with Crippen molar-refractivity contribution in [2.45, 2.75) is 56.9 Å². The second-order valence-corrected chi connectivity index (χ2v) is 11.6. The summed E-state index contributed by atoms with van der Waals surface area (Å²) in [5, 5.41) is 10.3. The number of hydrogen-bond donors (Lipinski definition) is 0. The number of benzene rings is 1. The molecule has 6 nitrogen and oxygen atoms in total. The lowest BCUT2D eigenvalue weighted by atomic mass is 9.91. The molecule has 2 fully saturated rings. The van der Waals surface area contributed by atoms with Crippen molar-refractivity contribution in [2.75, 3.05) is 50.7 Å². The maximum absolute atomic E-state index is 12.8. The number of carbonyl (C=O) groups is 1. The molecular formula is C25H36F3N5OS2. The van der Waals surface area contributed by atoms with E-state index in [0.717, 1.165) is 87.2 Å². The Hall–Kier alpha value is -1.85. The zero-order valence-electron chi connectivity index (χ0n) is 20.0. The van der Waals surface area contributed by atoms with Crippen LogP contribution in [0.4, 0.5) is 18.3 Å². The van der Waals surface area contributed by atoms with Crippen LogP contribution in [0.2, 0.25) is 0 Å². The van der Waals surface area contributed by atoms with Crippen molar-refractivity contribution in [3.05, 3.63) is 34.8 Å². The number of nitrogens with zero attached hydrogens (tertiary/aromatic N) is 5. The second-order valence-electron chi connectivity index (χ2n) is 9.28. The van der Waals surface area contributed by atoms with Crippen molar-refractivity contribution in [1.82, 2.24) is 20.0 Å². The number of piperidine rings is 1. The van der Waals surface area contributed by atoms with Crippen LogP contribution in [0.3, 0.4) is 0 Å².